The highest BCUT2D eigenvalue weighted by Gasteiger charge is 2.10. The average molecular weight is 247 g/mol. The maximum atomic E-state index is 11.5. The minimum absolute atomic E-state index is 0.168. The molecule has 18 heavy (non-hydrogen) atoms. The van der Waals surface area contributed by atoms with E-state index < -0.39 is 0 Å². The van der Waals surface area contributed by atoms with Crippen LogP contribution in [0.25, 0.3) is 6.08 Å². The molecule has 1 atom stereocenters. The summed E-state index contributed by atoms with van der Waals surface area (Å²) >= 11 is 0. The van der Waals surface area contributed by atoms with Crippen LogP contribution >= 0.6 is 0 Å². The molecular weight excluding hydrogens is 230 g/mol. The predicted octanol–water partition coefficient (Wildman–Crippen LogP) is 1.77. The third-order valence-electron chi connectivity index (χ3n) is 2.32. The third kappa shape index (κ3) is 5.30. The van der Waals surface area contributed by atoms with Crippen molar-refractivity contribution in [3.05, 3.63) is 42.0 Å². The molecule has 1 aromatic carbocycles. The molecule has 0 aliphatic carbocycles. The molecule has 0 aliphatic rings. The first-order valence-corrected chi connectivity index (χ1v) is 5.72. The van der Waals surface area contributed by atoms with Crippen molar-refractivity contribution < 1.29 is 14.3 Å². The first-order valence-electron chi connectivity index (χ1n) is 5.72. The lowest BCUT2D eigenvalue weighted by atomic mass is 10.2. The largest absolute Gasteiger partial charge is 0.469 e. The number of carbonyl (C=O) groups is 2. The molecule has 0 saturated carbocycles. The molecule has 1 unspecified atom stereocenters. The van der Waals surface area contributed by atoms with Crippen molar-refractivity contribution >= 4 is 18.0 Å². The van der Waals surface area contributed by atoms with Crippen LogP contribution in [0, 0.1) is 0 Å². The van der Waals surface area contributed by atoms with Crippen molar-refractivity contribution in [3.8, 4) is 0 Å². The van der Waals surface area contributed by atoms with E-state index in [1.54, 1.807) is 13.0 Å². The molecule has 0 bridgehead atoms. The van der Waals surface area contributed by atoms with Crippen LogP contribution in [-0.4, -0.2) is 25.0 Å². The zero-order valence-corrected chi connectivity index (χ0v) is 10.6. The van der Waals surface area contributed by atoms with Gasteiger partial charge in [-0.25, -0.2) is 0 Å². The van der Waals surface area contributed by atoms with Gasteiger partial charge in [-0.3, -0.25) is 9.59 Å². The first-order chi connectivity index (χ1) is 8.61. The number of rotatable bonds is 5. The summed E-state index contributed by atoms with van der Waals surface area (Å²) in [6.07, 6.45) is 3.34. The molecule has 0 aromatic heterocycles. The van der Waals surface area contributed by atoms with E-state index in [1.165, 1.54) is 13.2 Å². The fourth-order valence-electron chi connectivity index (χ4n) is 1.41. The van der Waals surface area contributed by atoms with Gasteiger partial charge in [0.15, 0.2) is 0 Å². The number of hydrogen-bond acceptors (Lipinski definition) is 3. The second-order valence-electron chi connectivity index (χ2n) is 3.93. The highest BCUT2D eigenvalue weighted by Crippen LogP contribution is 2.01. The normalized spacial score (nSPS) is 12.1. The van der Waals surface area contributed by atoms with Crippen LogP contribution in [0.4, 0.5) is 0 Å². The van der Waals surface area contributed by atoms with Crippen LogP contribution in [0.5, 0.6) is 0 Å². The molecule has 1 rings (SSSR count). The van der Waals surface area contributed by atoms with Gasteiger partial charge in [-0.1, -0.05) is 30.3 Å². The van der Waals surface area contributed by atoms with Crippen molar-refractivity contribution in [1.82, 2.24) is 5.32 Å². The van der Waals surface area contributed by atoms with Gasteiger partial charge in [0.1, 0.15) is 0 Å². The highest BCUT2D eigenvalue weighted by atomic mass is 16.5. The molecule has 96 valence electrons. The van der Waals surface area contributed by atoms with Gasteiger partial charge in [-0.05, 0) is 18.6 Å². The van der Waals surface area contributed by atoms with Crippen LogP contribution in [-0.2, 0) is 14.3 Å². The number of benzene rings is 1. The van der Waals surface area contributed by atoms with Crippen molar-refractivity contribution in [2.24, 2.45) is 0 Å². The Bertz CT molecular complexity index is 426. The number of ether oxygens (including phenoxy) is 1. The Kier molecular flexibility index (Phi) is 5.64. The van der Waals surface area contributed by atoms with E-state index in [-0.39, 0.29) is 24.3 Å². The highest BCUT2D eigenvalue weighted by molar-refractivity contribution is 5.92. The lowest BCUT2D eigenvalue weighted by Gasteiger charge is -2.10. The van der Waals surface area contributed by atoms with Crippen LogP contribution in [0.2, 0.25) is 0 Å². The summed E-state index contributed by atoms with van der Waals surface area (Å²) in [6.45, 7) is 1.76. The zero-order chi connectivity index (χ0) is 13.4. The molecule has 1 aromatic rings. The Labute approximate surface area is 107 Å². The topological polar surface area (TPSA) is 55.4 Å². The standard InChI is InChI=1S/C14H17NO3/c1-11(10-14(17)18-2)15-13(16)9-8-12-6-4-3-5-7-12/h3-9,11H,10H2,1-2H3,(H,15,16)/b9-8+. The number of esters is 1. The van der Waals surface area contributed by atoms with Crippen LogP contribution in [0.1, 0.15) is 18.9 Å². The van der Waals surface area contributed by atoms with Gasteiger partial charge in [0.05, 0.1) is 13.5 Å². The van der Waals surface area contributed by atoms with Crippen molar-refractivity contribution in [2.45, 2.75) is 19.4 Å². The summed E-state index contributed by atoms with van der Waals surface area (Å²) < 4.78 is 4.52. The van der Waals surface area contributed by atoms with Gasteiger partial charge < -0.3 is 10.1 Å². The van der Waals surface area contributed by atoms with E-state index in [1.807, 2.05) is 30.3 Å². The fraction of sp³-hybridized carbons (Fsp3) is 0.286. The lowest BCUT2D eigenvalue weighted by molar-refractivity contribution is -0.141. The second kappa shape index (κ2) is 7.27. The van der Waals surface area contributed by atoms with Gasteiger partial charge in [0.2, 0.25) is 5.91 Å². The molecule has 0 heterocycles. The van der Waals surface area contributed by atoms with E-state index in [4.69, 9.17) is 0 Å². The average Bonchev–Trinajstić information content (AvgIpc) is 2.37. The van der Waals surface area contributed by atoms with E-state index in [0.717, 1.165) is 5.56 Å². The third-order valence-corrected chi connectivity index (χ3v) is 2.32. The molecule has 0 fully saturated rings. The Balaban J connectivity index is 2.42. The summed E-state index contributed by atoms with van der Waals surface area (Å²) in [6, 6.07) is 9.28. The number of nitrogens with one attached hydrogen (secondary N) is 1. The minimum Gasteiger partial charge on any atom is -0.469 e. The van der Waals surface area contributed by atoms with Crippen LogP contribution < -0.4 is 5.32 Å². The van der Waals surface area contributed by atoms with E-state index in [2.05, 4.69) is 10.1 Å². The molecule has 4 nitrogen and oxygen atoms in total. The Morgan fingerprint density at radius 1 is 1.33 bits per heavy atom. The van der Waals surface area contributed by atoms with Gasteiger partial charge >= 0.3 is 5.97 Å². The minimum atomic E-state index is -0.338. The first kappa shape index (κ1) is 14.0. The summed E-state index contributed by atoms with van der Waals surface area (Å²) in [4.78, 5) is 22.5. The molecule has 0 saturated heterocycles. The quantitative estimate of drug-likeness (QED) is 0.637. The second-order valence-corrected chi connectivity index (χ2v) is 3.93. The molecule has 0 spiro atoms. The molecule has 1 N–H and O–H groups in total. The van der Waals surface area contributed by atoms with Gasteiger partial charge in [-0.2, -0.15) is 0 Å². The number of methoxy groups -OCH3 is 1. The van der Waals surface area contributed by atoms with Crippen molar-refractivity contribution in [3.63, 3.8) is 0 Å². The summed E-state index contributed by atoms with van der Waals surface area (Å²) in [5.74, 6) is -0.565. The van der Waals surface area contributed by atoms with Gasteiger partial charge in [0, 0.05) is 12.1 Å². The maximum absolute atomic E-state index is 11.5. The number of hydrogen-bond donors (Lipinski definition) is 1. The molecule has 0 aliphatic heterocycles. The zero-order valence-electron chi connectivity index (χ0n) is 10.6. The van der Waals surface area contributed by atoms with E-state index >= 15 is 0 Å². The van der Waals surface area contributed by atoms with Gasteiger partial charge in [-0.15, -0.1) is 0 Å². The van der Waals surface area contributed by atoms with E-state index in [9.17, 15) is 9.59 Å². The SMILES string of the molecule is COC(=O)CC(C)NC(=O)/C=C/c1ccccc1. The van der Waals surface area contributed by atoms with Crippen molar-refractivity contribution in [2.75, 3.05) is 7.11 Å². The Morgan fingerprint density at radius 3 is 2.61 bits per heavy atom. The summed E-state index contributed by atoms with van der Waals surface area (Å²) in [5.41, 5.74) is 0.952. The maximum Gasteiger partial charge on any atom is 0.307 e. The Morgan fingerprint density at radius 2 is 2.00 bits per heavy atom. The fourth-order valence-corrected chi connectivity index (χ4v) is 1.41. The van der Waals surface area contributed by atoms with Crippen molar-refractivity contribution in [1.29, 1.82) is 0 Å². The molecular formula is C14H17NO3. The molecule has 4 heteroatoms. The summed E-state index contributed by atoms with van der Waals surface area (Å²) in [5, 5.41) is 2.69. The molecule has 0 radical (unpaired) electrons. The smallest absolute Gasteiger partial charge is 0.307 e. The number of carbonyl (C=O) groups excluding carboxylic acids is 2. The van der Waals surface area contributed by atoms with E-state index in [0.29, 0.717) is 0 Å². The molecule has 1 amide bonds. The number of amides is 1. The predicted molar refractivity (Wildman–Crippen MR) is 69.7 cm³/mol. The monoisotopic (exact) mass is 247 g/mol. The van der Waals surface area contributed by atoms with Crippen LogP contribution in [0.15, 0.2) is 36.4 Å². The lowest BCUT2D eigenvalue weighted by Crippen LogP contribution is -2.33. The Hall–Kier alpha value is -2.10. The van der Waals surface area contributed by atoms with Crippen LogP contribution in [0.3, 0.4) is 0 Å². The van der Waals surface area contributed by atoms with Gasteiger partial charge in [0.25, 0.3) is 0 Å². The summed E-state index contributed by atoms with van der Waals surface area (Å²) in [7, 11) is 1.33.